The smallest absolute Gasteiger partial charge is 0.201 e. The number of aromatic nitrogens is 2. The zero-order valence-electron chi connectivity index (χ0n) is 21.1. The lowest BCUT2D eigenvalue weighted by atomic mass is 9.48. The van der Waals surface area contributed by atoms with Crippen LogP contribution in [0.5, 0.6) is 0 Å². The second-order valence-corrected chi connectivity index (χ2v) is 12.2. The minimum Gasteiger partial charge on any atom is -0.354 e. The number of hydrogen-bond acceptors (Lipinski definition) is 4. The number of Topliss-reactive ketones (excluding diaryl/α,β-unsaturated/α-hetero) is 1. The van der Waals surface area contributed by atoms with Gasteiger partial charge in [-0.2, -0.15) is 0 Å². The van der Waals surface area contributed by atoms with E-state index in [0.717, 1.165) is 31.4 Å². The lowest BCUT2D eigenvalue weighted by molar-refractivity contribution is -0.0524. The van der Waals surface area contributed by atoms with Gasteiger partial charge in [0.15, 0.2) is 11.4 Å². The highest BCUT2D eigenvalue weighted by Crippen LogP contribution is 2.61. The van der Waals surface area contributed by atoms with Crippen molar-refractivity contribution in [1.82, 2.24) is 9.55 Å². The fourth-order valence-corrected chi connectivity index (χ4v) is 8.30. The molecule has 1 atom stereocenters. The minimum atomic E-state index is -0.964. The van der Waals surface area contributed by atoms with Crippen LogP contribution < -0.4 is 10.3 Å². The van der Waals surface area contributed by atoms with E-state index >= 15 is 4.39 Å². The summed E-state index contributed by atoms with van der Waals surface area (Å²) in [5, 5.41) is 0.185. The van der Waals surface area contributed by atoms with Crippen LogP contribution in [0.25, 0.3) is 16.7 Å². The molecular formula is C30H30F3N3O2. The van der Waals surface area contributed by atoms with Gasteiger partial charge in [0.2, 0.25) is 5.43 Å². The number of hydrogen-bond donors (Lipinski definition) is 0. The maximum Gasteiger partial charge on any atom is 0.201 e. The molecule has 4 saturated carbocycles. The molecule has 1 aromatic carbocycles. The zero-order chi connectivity index (χ0) is 26.2. The lowest BCUT2D eigenvalue weighted by Crippen LogP contribution is -2.47. The predicted octanol–water partition coefficient (Wildman–Crippen LogP) is 6.00. The van der Waals surface area contributed by atoms with Crippen molar-refractivity contribution in [2.24, 2.45) is 23.2 Å². The summed E-state index contributed by atoms with van der Waals surface area (Å²) in [5.41, 5.74) is -0.324. The number of nitrogens with zero attached hydrogens (tertiary/aromatic N) is 3. The Balaban J connectivity index is 1.33. The van der Waals surface area contributed by atoms with E-state index in [4.69, 9.17) is 0 Å². The van der Waals surface area contributed by atoms with Crippen molar-refractivity contribution in [1.29, 1.82) is 0 Å². The van der Waals surface area contributed by atoms with Crippen LogP contribution in [0.2, 0.25) is 0 Å². The molecule has 4 bridgehead atoms. The zero-order valence-corrected chi connectivity index (χ0v) is 21.1. The number of alkyl halides is 1. The van der Waals surface area contributed by atoms with Crippen LogP contribution in [0.1, 0.15) is 61.7 Å². The van der Waals surface area contributed by atoms with Crippen LogP contribution in [0.4, 0.5) is 19.0 Å². The van der Waals surface area contributed by atoms with E-state index in [-0.39, 0.29) is 40.0 Å². The molecule has 0 N–H and O–H groups in total. The van der Waals surface area contributed by atoms with E-state index in [0.29, 0.717) is 43.0 Å². The number of fused-ring (bicyclic) bond motifs is 1. The number of rotatable bonds is 5. The first kappa shape index (κ1) is 23.9. The molecular weight excluding hydrogens is 491 g/mol. The van der Waals surface area contributed by atoms with Crippen LogP contribution in [-0.2, 0) is 0 Å². The molecule has 0 radical (unpaired) electrons. The summed E-state index contributed by atoms with van der Waals surface area (Å²) in [5.74, 6) is 0.717. The Labute approximate surface area is 218 Å². The molecule has 5 aliphatic rings. The molecule has 5 fully saturated rings. The summed E-state index contributed by atoms with van der Waals surface area (Å²) < 4.78 is 44.0. The largest absolute Gasteiger partial charge is 0.354 e. The van der Waals surface area contributed by atoms with Gasteiger partial charge >= 0.3 is 0 Å². The van der Waals surface area contributed by atoms with Gasteiger partial charge in [-0.15, -0.1) is 0 Å². The van der Waals surface area contributed by atoms with E-state index in [2.05, 4.69) is 4.98 Å². The third kappa shape index (κ3) is 3.95. The summed E-state index contributed by atoms with van der Waals surface area (Å²) in [6.45, 7) is 0.672. The summed E-state index contributed by atoms with van der Waals surface area (Å²) in [6, 6.07) is 6.43. The topological polar surface area (TPSA) is 55.2 Å². The fourth-order valence-electron chi connectivity index (χ4n) is 8.30. The Morgan fingerprint density at radius 3 is 2.37 bits per heavy atom. The van der Waals surface area contributed by atoms with Gasteiger partial charge in [-0.3, -0.25) is 14.2 Å². The molecule has 3 aromatic rings. The first-order chi connectivity index (χ1) is 18.3. The monoisotopic (exact) mass is 521 g/mol. The van der Waals surface area contributed by atoms with Crippen molar-refractivity contribution in [2.75, 3.05) is 18.0 Å². The first-order valence-electron chi connectivity index (χ1n) is 13.7. The number of carbonyl (C=O) groups excluding carboxylic acids is 1. The van der Waals surface area contributed by atoms with E-state index in [1.807, 2.05) is 0 Å². The van der Waals surface area contributed by atoms with Crippen LogP contribution >= 0.6 is 0 Å². The number of anilines is 1. The van der Waals surface area contributed by atoms with Crippen molar-refractivity contribution in [3.63, 3.8) is 0 Å². The van der Waals surface area contributed by atoms with E-state index in [9.17, 15) is 18.4 Å². The van der Waals surface area contributed by atoms with Gasteiger partial charge in [-0.05, 0) is 92.4 Å². The molecule has 8 heteroatoms. The van der Waals surface area contributed by atoms with E-state index in [1.165, 1.54) is 36.1 Å². The van der Waals surface area contributed by atoms with Crippen molar-refractivity contribution in [3.05, 3.63) is 63.9 Å². The Kier molecular flexibility index (Phi) is 5.46. The Morgan fingerprint density at radius 1 is 1.03 bits per heavy atom. The normalized spacial score (nSPS) is 29.9. The molecule has 4 aliphatic carbocycles. The third-order valence-corrected chi connectivity index (χ3v) is 9.46. The van der Waals surface area contributed by atoms with E-state index < -0.39 is 23.2 Å². The number of halogens is 3. The number of benzene rings is 1. The highest BCUT2D eigenvalue weighted by molar-refractivity contribution is 5.99. The van der Waals surface area contributed by atoms with E-state index in [1.54, 1.807) is 17.0 Å². The molecule has 1 aliphatic heterocycles. The minimum absolute atomic E-state index is 0.00491. The van der Waals surface area contributed by atoms with Crippen molar-refractivity contribution >= 4 is 22.6 Å². The Bertz CT molecular complexity index is 1480. The van der Waals surface area contributed by atoms with Crippen LogP contribution in [0, 0.1) is 34.8 Å². The van der Waals surface area contributed by atoms with Gasteiger partial charge in [0.1, 0.15) is 23.6 Å². The van der Waals surface area contributed by atoms with Crippen molar-refractivity contribution < 1.29 is 18.0 Å². The number of ketones is 1. The highest BCUT2D eigenvalue weighted by Gasteiger charge is 2.51. The van der Waals surface area contributed by atoms with Gasteiger partial charge in [-0.25, -0.2) is 18.2 Å². The summed E-state index contributed by atoms with van der Waals surface area (Å²) in [4.78, 5) is 33.9. The van der Waals surface area contributed by atoms with Gasteiger partial charge in [0.25, 0.3) is 0 Å². The van der Waals surface area contributed by atoms with Gasteiger partial charge in [0, 0.05) is 25.2 Å². The molecule has 0 unspecified atom stereocenters. The second kappa shape index (κ2) is 8.68. The number of pyridine rings is 2. The average Bonchev–Trinajstić information content (AvgIpc) is 3.29. The van der Waals surface area contributed by atoms with Crippen LogP contribution in [-0.4, -0.2) is 34.6 Å². The lowest BCUT2D eigenvalue weighted by Gasteiger charge is -2.56. The number of carbonyl (C=O) groups is 1. The molecule has 0 amide bonds. The molecule has 0 spiro atoms. The SMILES string of the molecule is O=C(CC12CC3CC(CC(C3)C1)C2)c1cn(-c2ccc(F)cc2F)c2nc(N3CC[C@@H](F)C3)ccc2c1=O. The average molecular weight is 522 g/mol. The van der Waals surface area contributed by atoms with Crippen LogP contribution in [0.15, 0.2) is 41.3 Å². The van der Waals surface area contributed by atoms with Crippen LogP contribution in [0.3, 0.4) is 0 Å². The van der Waals surface area contributed by atoms with Crippen molar-refractivity contribution in [2.45, 2.75) is 57.5 Å². The quantitative estimate of drug-likeness (QED) is 0.387. The van der Waals surface area contributed by atoms with Crippen molar-refractivity contribution in [3.8, 4) is 5.69 Å². The second-order valence-electron chi connectivity index (χ2n) is 12.2. The van der Waals surface area contributed by atoms with Gasteiger partial charge in [0.05, 0.1) is 23.2 Å². The molecule has 1 saturated heterocycles. The first-order valence-corrected chi connectivity index (χ1v) is 13.7. The summed E-state index contributed by atoms with van der Waals surface area (Å²) >= 11 is 0. The van der Waals surface area contributed by atoms with Gasteiger partial charge in [-0.1, -0.05) is 0 Å². The molecule has 8 rings (SSSR count). The molecule has 3 heterocycles. The highest BCUT2D eigenvalue weighted by atomic mass is 19.1. The Morgan fingerprint density at radius 2 is 1.74 bits per heavy atom. The molecule has 38 heavy (non-hydrogen) atoms. The summed E-state index contributed by atoms with van der Waals surface area (Å²) in [7, 11) is 0. The molecule has 5 nitrogen and oxygen atoms in total. The predicted molar refractivity (Wildman–Crippen MR) is 139 cm³/mol. The molecule has 198 valence electrons. The van der Waals surface area contributed by atoms with Gasteiger partial charge < -0.3 is 4.90 Å². The Hall–Kier alpha value is -3.16. The molecule has 2 aromatic heterocycles. The summed E-state index contributed by atoms with van der Waals surface area (Å²) in [6.07, 6.45) is 8.00. The maximum absolute atomic E-state index is 15.0. The maximum atomic E-state index is 15.0. The standard InChI is InChI=1S/C30H30F3N3O2/c31-20-1-3-25(24(33)10-20)36-16-23(26(37)14-30-11-17-7-18(12-30)9-19(8-17)13-30)28(38)22-2-4-27(34-29(22)36)35-6-5-21(32)15-35/h1-4,10,16-19,21H,5-9,11-15H2/t17?,18?,19?,21-,30?/m1/s1. The fraction of sp³-hybridized carbons (Fsp3) is 0.500. The third-order valence-electron chi connectivity index (χ3n) is 9.46.